The fourth-order valence-electron chi connectivity index (χ4n) is 1.84. The highest BCUT2D eigenvalue weighted by atomic mass is 32.2. The van der Waals surface area contributed by atoms with E-state index in [4.69, 9.17) is 4.42 Å². The predicted octanol–water partition coefficient (Wildman–Crippen LogP) is 4.16. The third kappa shape index (κ3) is 3.18. The van der Waals surface area contributed by atoms with Gasteiger partial charge in [0.25, 0.3) is 0 Å². The number of furan rings is 1. The van der Waals surface area contributed by atoms with Crippen molar-refractivity contribution in [1.82, 2.24) is 5.32 Å². The Hall–Kier alpha value is -1.19. The molecule has 1 aromatic carbocycles. The number of rotatable bonds is 5. The molecule has 1 unspecified atom stereocenters. The molecule has 2 rings (SSSR count). The van der Waals surface area contributed by atoms with Gasteiger partial charge >= 0.3 is 0 Å². The highest BCUT2D eigenvalue weighted by molar-refractivity contribution is 7.98. The van der Waals surface area contributed by atoms with Gasteiger partial charge in [-0.1, -0.05) is 12.1 Å². The van der Waals surface area contributed by atoms with Crippen molar-refractivity contribution >= 4 is 11.8 Å². The number of thioether (sulfide) groups is 1. The first kappa shape index (κ1) is 13.2. The topological polar surface area (TPSA) is 25.2 Å². The zero-order valence-electron chi connectivity index (χ0n) is 11.1. The fourth-order valence-corrected chi connectivity index (χ4v) is 2.25. The Kier molecular flexibility index (Phi) is 4.50. The third-order valence-electron chi connectivity index (χ3n) is 3.15. The second-order valence-corrected chi connectivity index (χ2v) is 5.28. The molecule has 0 aliphatic heterocycles. The minimum atomic E-state index is 0.324. The molecule has 0 fully saturated rings. The molecule has 1 heterocycles. The van der Waals surface area contributed by atoms with Gasteiger partial charge < -0.3 is 9.73 Å². The van der Waals surface area contributed by atoms with Crippen LogP contribution in [0.25, 0.3) is 0 Å². The fraction of sp³-hybridized carbons (Fsp3) is 0.333. The molecule has 0 bridgehead atoms. The van der Waals surface area contributed by atoms with E-state index in [1.165, 1.54) is 16.0 Å². The van der Waals surface area contributed by atoms with Crippen LogP contribution in [0.5, 0.6) is 0 Å². The molecule has 96 valence electrons. The number of benzene rings is 1. The van der Waals surface area contributed by atoms with Crippen LogP contribution >= 0.6 is 11.8 Å². The summed E-state index contributed by atoms with van der Waals surface area (Å²) in [6.07, 6.45) is 3.83. The maximum Gasteiger partial charge on any atom is 0.120 e. The Morgan fingerprint density at radius 1 is 1.22 bits per heavy atom. The molecule has 1 aromatic heterocycles. The maximum atomic E-state index is 5.42. The van der Waals surface area contributed by atoms with E-state index < -0.39 is 0 Å². The lowest BCUT2D eigenvalue weighted by Crippen LogP contribution is -2.18. The zero-order valence-corrected chi connectivity index (χ0v) is 11.9. The second kappa shape index (κ2) is 6.12. The molecule has 0 saturated heterocycles. The van der Waals surface area contributed by atoms with E-state index in [1.54, 1.807) is 18.0 Å². The third-order valence-corrected chi connectivity index (χ3v) is 3.90. The molecule has 0 aliphatic rings. The average Bonchev–Trinajstić information content (AvgIpc) is 2.81. The first-order chi connectivity index (χ1) is 8.70. The molecule has 1 N–H and O–H groups in total. The van der Waals surface area contributed by atoms with Crippen LogP contribution < -0.4 is 5.32 Å². The average molecular weight is 261 g/mol. The van der Waals surface area contributed by atoms with Crippen molar-refractivity contribution in [2.45, 2.75) is 31.3 Å². The van der Waals surface area contributed by atoms with Crippen LogP contribution in [0.4, 0.5) is 0 Å². The van der Waals surface area contributed by atoms with E-state index >= 15 is 0 Å². The first-order valence-corrected chi connectivity index (χ1v) is 7.33. The van der Waals surface area contributed by atoms with E-state index in [2.05, 4.69) is 49.7 Å². The number of hydrogen-bond acceptors (Lipinski definition) is 3. The molecule has 2 aromatic rings. The standard InChI is InChI=1S/C15H19NOS/c1-11-8-9-17-15(11)10-16-12(2)13-4-6-14(18-3)7-5-13/h4-9,12,16H,10H2,1-3H3. The molecule has 1 atom stereocenters. The van der Waals surface area contributed by atoms with Crippen LogP contribution in [-0.2, 0) is 6.54 Å². The summed E-state index contributed by atoms with van der Waals surface area (Å²) in [4.78, 5) is 1.30. The monoisotopic (exact) mass is 261 g/mol. The summed E-state index contributed by atoms with van der Waals surface area (Å²) in [5, 5.41) is 3.48. The van der Waals surface area contributed by atoms with Crippen molar-refractivity contribution in [1.29, 1.82) is 0 Å². The van der Waals surface area contributed by atoms with Crippen molar-refractivity contribution in [2.24, 2.45) is 0 Å². The van der Waals surface area contributed by atoms with Crippen LogP contribution in [-0.4, -0.2) is 6.26 Å². The Morgan fingerprint density at radius 2 is 1.94 bits per heavy atom. The van der Waals surface area contributed by atoms with E-state index in [9.17, 15) is 0 Å². The SMILES string of the molecule is CSc1ccc(C(C)NCc2occc2C)cc1. The summed E-state index contributed by atoms with van der Waals surface area (Å²) in [5.74, 6) is 1.02. The van der Waals surface area contributed by atoms with Gasteiger partial charge in [-0.2, -0.15) is 0 Å². The summed E-state index contributed by atoms with van der Waals surface area (Å²) >= 11 is 1.77. The highest BCUT2D eigenvalue weighted by Crippen LogP contribution is 2.19. The van der Waals surface area contributed by atoms with Gasteiger partial charge in [0.15, 0.2) is 0 Å². The quantitative estimate of drug-likeness (QED) is 0.818. The van der Waals surface area contributed by atoms with E-state index in [0.717, 1.165) is 12.3 Å². The molecular weight excluding hydrogens is 242 g/mol. The van der Waals surface area contributed by atoms with Crippen molar-refractivity contribution in [3.8, 4) is 0 Å². The second-order valence-electron chi connectivity index (χ2n) is 4.40. The summed E-state index contributed by atoms with van der Waals surface area (Å²) in [6, 6.07) is 11.0. The molecule has 0 amide bonds. The van der Waals surface area contributed by atoms with Crippen molar-refractivity contribution in [3.63, 3.8) is 0 Å². The van der Waals surface area contributed by atoms with E-state index in [1.807, 2.05) is 6.07 Å². The Morgan fingerprint density at radius 3 is 2.50 bits per heavy atom. The van der Waals surface area contributed by atoms with Crippen molar-refractivity contribution in [3.05, 3.63) is 53.5 Å². The Bertz CT molecular complexity index is 489. The van der Waals surface area contributed by atoms with Crippen LogP contribution in [0, 0.1) is 6.92 Å². The summed E-state index contributed by atoms with van der Waals surface area (Å²) < 4.78 is 5.42. The van der Waals surface area contributed by atoms with E-state index in [-0.39, 0.29) is 0 Å². The van der Waals surface area contributed by atoms with Crippen molar-refractivity contribution < 1.29 is 4.42 Å². The first-order valence-electron chi connectivity index (χ1n) is 6.11. The molecule has 0 radical (unpaired) electrons. The summed E-state index contributed by atoms with van der Waals surface area (Å²) in [6.45, 7) is 5.01. The van der Waals surface area contributed by atoms with E-state index in [0.29, 0.717) is 6.04 Å². The van der Waals surface area contributed by atoms with Gasteiger partial charge in [-0.05, 0) is 49.4 Å². The lowest BCUT2D eigenvalue weighted by Gasteiger charge is -2.14. The molecule has 2 nitrogen and oxygen atoms in total. The molecule has 0 saturated carbocycles. The van der Waals surface area contributed by atoms with Crippen LogP contribution in [0.2, 0.25) is 0 Å². The van der Waals surface area contributed by atoms with Gasteiger partial charge in [0.2, 0.25) is 0 Å². The van der Waals surface area contributed by atoms with Crippen LogP contribution in [0.3, 0.4) is 0 Å². The van der Waals surface area contributed by atoms with Gasteiger partial charge in [-0.25, -0.2) is 0 Å². The predicted molar refractivity (Wildman–Crippen MR) is 76.9 cm³/mol. The van der Waals surface area contributed by atoms with Gasteiger partial charge in [0.05, 0.1) is 12.8 Å². The largest absolute Gasteiger partial charge is 0.468 e. The Labute approximate surface area is 113 Å². The number of aryl methyl sites for hydroxylation is 1. The number of nitrogens with one attached hydrogen (secondary N) is 1. The molecule has 3 heteroatoms. The van der Waals surface area contributed by atoms with Gasteiger partial charge in [0.1, 0.15) is 5.76 Å². The minimum absolute atomic E-state index is 0.324. The summed E-state index contributed by atoms with van der Waals surface area (Å²) in [7, 11) is 0. The van der Waals surface area contributed by atoms with Crippen LogP contribution in [0.15, 0.2) is 45.9 Å². The van der Waals surface area contributed by atoms with Crippen LogP contribution in [0.1, 0.15) is 29.9 Å². The molecule has 18 heavy (non-hydrogen) atoms. The lowest BCUT2D eigenvalue weighted by molar-refractivity contribution is 0.458. The highest BCUT2D eigenvalue weighted by Gasteiger charge is 2.07. The maximum absolute atomic E-state index is 5.42. The minimum Gasteiger partial charge on any atom is -0.468 e. The molecule has 0 aliphatic carbocycles. The zero-order chi connectivity index (χ0) is 13.0. The lowest BCUT2D eigenvalue weighted by atomic mass is 10.1. The van der Waals surface area contributed by atoms with Crippen molar-refractivity contribution in [2.75, 3.05) is 6.26 Å². The number of hydrogen-bond donors (Lipinski definition) is 1. The van der Waals surface area contributed by atoms with Gasteiger partial charge in [0, 0.05) is 10.9 Å². The normalized spacial score (nSPS) is 12.6. The van der Waals surface area contributed by atoms with Gasteiger partial charge in [-0.3, -0.25) is 0 Å². The smallest absolute Gasteiger partial charge is 0.120 e. The molecular formula is C15H19NOS. The van der Waals surface area contributed by atoms with Gasteiger partial charge in [-0.15, -0.1) is 11.8 Å². The summed E-state index contributed by atoms with van der Waals surface area (Å²) in [5.41, 5.74) is 2.50. The Balaban J connectivity index is 1.94. The molecule has 0 spiro atoms.